The third-order valence-corrected chi connectivity index (χ3v) is 3.90. The van der Waals surface area contributed by atoms with E-state index in [0.29, 0.717) is 13.2 Å². The topological polar surface area (TPSA) is 95.1 Å². The molecule has 2 aromatic rings. The van der Waals surface area contributed by atoms with E-state index in [1.165, 1.54) is 0 Å². The fourth-order valence-corrected chi connectivity index (χ4v) is 2.56. The summed E-state index contributed by atoms with van der Waals surface area (Å²) < 4.78 is 6.95. The maximum Gasteiger partial charge on any atom is 0.241 e. The van der Waals surface area contributed by atoms with Gasteiger partial charge in [0, 0.05) is 18.9 Å². The van der Waals surface area contributed by atoms with E-state index in [1.54, 1.807) is 17.1 Å². The van der Waals surface area contributed by atoms with Crippen molar-refractivity contribution in [3.8, 4) is 5.69 Å². The molecule has 1 aliphatic heterocycles. The normalized spacial score (nSPS) is 16.4. The van der Waals surface area contributed by atoms with Crippen molar-refractivity contribution in [3.63, 3.8) is 0 Å². The molecule has 1 saturated heterocycles. The molecule has 1 atom stereocenters. The highest BCUT2D eigenvalue weighted by Gasteiger charge is 2.26. The Labute approximate surface area is 140 Å². The van der Waals surface area contributed by atoms with Crippen LogP contribution in [0.5, 0.6) is 0 Å². The SMILES string of the molecule is Cl.NC(C(=O)Nc1ccc(-n2ccnn2)cc1)C1CCOCC1. The molecule has 3 N–H and O–H groups in total. The van der Waals surface area contributed by atoms with Crippen LogP contribution in [0.15, 0.2) is 36.7 Å². The Kier molecular flexibility index (Phi) is 6.09. The van der Waals surface area contributed by atoms with E-state index in [2.05, 4.69) is 15.6 Å². The molecule has 1 unspecified atom stereocenters. The summed E-state index contributed by atoms with van der Waals surface area (Å²) in [7, 11) is 0. The van der Waals surface area contributed by atoms with E-state index < -0.39 is 6.04 Å². The summed E-state index contributed by atoms with van der Waals surface area (Å²) in [6, 6.07) is 6.88. The van der Waals surface area contributed by atoms with E-state index >= 15 is 0 Å². The molecule has 124 valence electrons. The second kappa shape index (κ2) is 8.05. The number of benzene rings is 1. The molecule has 0 saturated carbocycles. The third kappa shape index (κ3) is 4.28. The van der Waals surface area contributed by atoms with Gasteiger partial charge in [0.2, 0.25) is 5.91 Å². The van der Waals surface area contributed by atoms with Crippen molar-refractivity contribution < 1.29 is 9.53 Å². The first kappa shape index (κ1) is 17.4. The van der Waals surface area contributed by atoms with E-state index in [0.717, 1.165) is 24.2 Å². The summed E-state index contributed by atoms with van der Waals surface area (Å²) in [5.74, 6) is 0.0311. The highest BCUT2D eigenvalue weighted by atomic mass is 35.5. The molecule has 1 amide bonds. The van der Waals surface area contributed by atoms with Gasteiger partial charge in [-0.3, -0.25) is 4.79 Å². The maximum absolute atomic E-state index is 12.2. The van der Waals surface area contributed by atoms with Crippen molar-refractivity contribution in [2.45, 2.75) is 18.9 Å². The van der Waals surface area contributed by atoms with Crippen LogP contribution < -0.4 is 11.1 Å². The number of nitrogens with two attached hydrogens (primary N) is 1. The number of halogens is 1. The lowest BCUT2D eigenvalue weighted by molar-refractivity contribution is -0.119. The third-order valence-electron chi connectivity index (χ3n) is 3.90. The van der Waals surface area contributed by atoms with Gasteiger partial charge >= 0.3 is 0 Å². The van der Waals surface area contributed by atoms with Crippen molar-refractivity contribution >= 4 is 24.0 Å². The molecule has 0 aliphatic carbocycles. The molecule has 1 aromatic heterocycles. The number of ether oxygens (including phenoxy) is 1. The van der Waals surface area contributed by atoms with Crippen LogP contribution in [0.1, 0.15) is 12.8 Å². The number of nitrogens with zero attached hydrogens (tertiary/aromatic N) is 3. The van der Waals surface area contributed by atoms with Crippen molar-refractivity contribution in [3.05, 3.63) is 36.7 Å². The molecule has 0 bridgehead atoms. The van der Waals surface area contributed by atoms with Crippen LogP contribution in [0, 0.1) is 5.92 Å². The average Bonchev–Trinajstić information content (AvgIpc) is 3.10. The minimum absolute atomic E-state index is 0. The Bertz CT molecular complexity index is 611. The zero-order valence-electron chi connectivity index (χ0n) is 12.6. The van der Waals surface area contributed by atoms with Gasteiger partial charge in [0.25, 0.3) is 0 Å². The number of rotatable bonds is 4. The Hall–Kier alpha value is -1.96. The largest absolute Gasteiger partial charge is 0.381 e. The van der Waals surface area contributed by atoms with Gasteiger partial charge < -0.3 is 15.8 Å². The van der Waals surface area contributed by atoms with Crippen LogP contribution in [0.2, 0.25) is 0 Å². The van der Waals surface area contributed by atoms with Gasteiger partial charge in [0.15, 0.2) is 0 Å². The predicted octanol–water partition coefficient (Wildman–Crippen LogP) is 1.38. The summed E-state index contributed by atoms with van der Waals surface area (Å²) in [4.78, 5) is 12.2. The Balaban J connectivity index is 0.00000192. The molecule has 3 rings (SSSR count). The molecule has 23 heavy (non-hydrogen) atoms. The maximum atomic E-state index is 12.2. The fourth-order valence-electron chi connectivity index (χ4n) is 2.56. The fraction of sp³-hybridized carbons (Fsp3) is 0.400. The lowest BCUT2D eigenvalue weighted by atomic mass is 9.92. The molecule has 1 fully saturated rings. The number of aromatic nitrogens is 3. The predicted molar refractivity (Wildman–Crippen MR) is 88.8 cm³/mol. The first-order valence-electron chi connectivity index (χ1n) is 7.35. The minimum Gasteiger partial charge on any atom is -0.381 e. The Morgan fingerprint density at radius 2 is 2.00 bits per heavy atom. The number of carbonyl (C=O) groups excluding carboxylic acids is 1. The molecule has 0 spiro atoms. The molecule has 0 radical (unpaired) electrons. The van der Waals surface area contributed by atoms with Crippen LogP contribution in [0.25, 0.3) is 5.69 Å². The number of carbonyl (C=O) groups is 1. The number of hydrogen-bond acceptors (Lipinski definition) is 5. The van der Waals surface area contributed by atoms with Crippen LogP contribution in [-0.2, 0) is 9.53 Å². The van der Waals surface area contributed by atoms with Crippen LogP contribution in [0.3, 0.4) is 0 Å². The molecule has 1 aliphatic rings. The lowest BCUT2D eigenvalue weighted by Gasteiger charge is -2.26. The summed E-state index contributed by atoms with van der Waals surface area (Å²) in [5.41, 5.74) is 7.65. The Morgan fingerprint density at radius 3 is 2.61 bits per heavy atom. The second-order valence-electron chi connectivity index (χ2n) is 5.36. The van der Waals surface area contributed by atoms with Gasteiger partial charge in [-0.15, -0.1) is 17.5 Å². The van der Waals surface area contributed by atoms with E-state index in [9.17, 15) is 4.79 Å². The molecular formula is C15H20ClN5O2. The number of amides is 1. The van der Waals surface area contributed by atoms with E-state index in [-0.39, 0.29) is 24.2 Å². The summed E-state index contributed by atoms with van der Waals surface area (Å²) in [5, 5.41) is 10.5. The van der Waals surface area contributed by atoms with Crippen molar-refractivity contribution in [2.75, 3.05) is 18.5 Å². The summed E-state index contributed by atoms with van der Waals surface area (Å²) in [6.07, 6.45) is 5.04. The van der Waals surface area contributed by atoms with Crippen molar-refractivity contribution in [1.82, 2.24) is 15.0 Å². The first-order chi connectivity index (χ1) is 10.7. The highest BCUT2D eigenvalue weighted by molar-refractivity contribution is 5.94. The zero-order chi connectivity index (χ0) is 15.4. The van der Waals surface area contributed by atoms with E-state index in [4.69, 9.17) is 10.5 Å². The van der Waals surface area contributed by atoms with Crippen molar-refractivity contribution in [1.29, 1.82) is 0 Å². The van der Waals surface area contributed by atoms with Crippen LogP contribution >= 0.6 is 12.4 Å². The number of nitrogens with one attached hydrogen (secondary N) is 1. The summed E-state index contributed by atoms with van der Waals surface area (Å²) in [6.45, 7) is 1.36. The minimum atomic E-state index is -0.501. The highest BCUT2D eigenvalue weighted by Crippen LogP contribution is 2.19. The first-order valence-corrected chi connectivity index (χ1v) is 7.35. The van der Waals surface area contributed by atoms with Gasteiger partial charge in [-0.1, -0.05) is 5.21 Å². The van der Waals surface area contributed by atoms with Crippen molar-refractivity contribution in [2.24, 2.45) is 11.7 Å². The quantitative estimate of drug-likeness (QED) is 0.878. The average molecular weight is 338 g/mol. The van der Waals surface area contributed by atoms with Gasteiger partial charge in [0.05, 0.1) is 24.1 Å². The second-order valence-corrected chi connectivity index (χ2v) is 5.36. The smallest absolute Gasteiger partial charge is 0.241 e. The molecule has 8 heteroatoms. The van der Waals surface area contributed by atoms with Gasteiger partial charge in [-0.05, 0) is 43.0 Å². The van der Waals surface area contributed by atoms with Crippen LogP contribution in [-0.4, -0.2) is 40.2 Å². The lowest BCUT2D eigenvalue weighted by Crippen LogP contribution is -2.43. The molecular weight excluding hydrogens is 318 g/mol. The van der Waals surface area contributed by atoms with Crippen LogP contribution in [0.4, 0.5) is 5.69 Å². The van der Waals surface area contributed by atoms with Gasteiger partial charge in [0.1, 0.15) is 0 Å². The zero-order valence-corrected chi connectivity index (χ0v) is 13.4. The standard InChI is InChI=1S/C15H19N5O2.ClH/c16-14(11-5-9-22-10-6-11)15(21)18-12-1-3-13(4-2-12)20-8-7-17-19-20;/h1-4,7-8,11,14H,5-6,9-10,16H2,(H,18,21);1H. The van der Waals surface area contributed by atoms with E-state index in [1.807, 2.05) is 24.3 Å². The number of anilines is 1. The molecule has 7 nitrogen and oxygen atoms in total. The summed E-state index contributed by atoms with van der Waals surface area (Å²) >= 11 is 0. The monoisotopic (exact) mass is 337 g/mol. The Morgan fingerprint density at radius 1 is 1.30 bits per heavy atom. The number of hydrogen-bond donors (Lipinski definition) is 2. The van der Waals surface area contributed by atoms with Gasteiger partial charge in [-0.25, -0.2) is 4.68 Å². The van der Waals surface area contributed by atoms with Gasteiger partial charge in [-0.2, -0.15) is 0 Å². The molecule has 1 aromatic carbocycles. The molecule has 2 heterocycles.